The van der Waals surface area contributed by atoms with Crippen molar-refractivity contribution in [1.29, 1.82) is 0 Å². The highest BCUT2D eigenvalue weighted by Crippen LogP contribution is 2.12. The van der Waals surface area contributed by atoms with Crippen molar-refractivity contribution in [2.24, 2.45) is 0 Å². The van der Waals surface area contributed by atoms with Crippen LogP contribution in [0, 0.1) is 0 Å². The van der Waals surface area contributed by atoms with Crippen molar-refractivity contribution in [2.75, 3.05) is 0 Å². The van der Waals surface area contributed by atoms with E-state index in [1.54, 1.807) is 10.9 Å². The second-order valence-corrected chi connectivity index (χ2v) is 7.65. The van der Waals surface area contributed by atoms with E-state index in [1.165, 1.54) is 4.57 Å². The van der Waals surface area contributed by atoms with E-state index < -0.39 is 17.2 Å². The van der Waals surface area contributed by atoms with Gasteiger partial charge in [0.1, 0.15) is 6.54 Å². The van der Waals surface area contributed by atoms with E-state index in [1.807, 2.05) is 74.5 Å². The molecule has 2 aromatic carbocycles. The number of carbonyl (C=O) groups is 1. The number of fused-ring (bicyclic) bond motifs is 1. The average Bonchev–Trinajstić information content (AvgIpc) is 3.25. The fourth-order valence-electron chi connectivity index (χ4n) is 3.78. The van der Waals surface area contributed by atoms with Crippen LogP contribution in [0.3, 0.4) is 0 Å². The highest BCUT2D eigenvalue weighted by Gasteiger charge is 2.20. The molecule has 1 atom stereocenters. The van der Waals surface area contributed by atoms with Crippen LogP contribution in [0.15, 0.2) is 76.6 Å². The van der Waals surface area contributed by atoms with Gasteiger partial charge in [-0.2, -0.15) is 0 Å². The predicted molar refractivity (Wildman–Crippen MR) is 122 cm³/mol. The van der Waals surface area contributed by atoms with Crippen LogP contribution in [-0.4, -0.2) is 24.6 Å². The number of imidazole rings is 1. The zero-order chi connectivity index (χ0) is 22.7. The number of aryl methyl sites for hydroxylation is 1. The van der Waals surface area contributed by atoms with Gasteiger partial charge in [-0.25, -0.2) is 14.3 Å². The number of nitrogens with one attached hydrogen (secondary N) is 1. The molecule has 8 nitrogen and oxygen atoms in total. The molecule has 0 fully saturated rings. The zero-order valence-electron chi connectivity index (χ0n) is 18.1. The van der Waals surface area contributed by atoms with Gasteiger partial charge in [-0.1, -0.05) is 60.7 Å². The van der Waals surface area contributed by atoms with Crippen LogP contribution in [0.2, 0.25) is 0 Å². The minimum absolute atomic E-state index is 0.249. The zero-order valence-corrected chi connectivity index (χ0v) is 18.1. The Kier molecular flexibility index (Phi) is 6.02. The Morgan fingerprint density at radius 2 is 1.66 bits per heavy atom. The average molecular weight is 431 g/mol. The van der Waals surface area contributed by atoms with Crippen LogP contribution in [0.4, 0.5) is 0 Å². The quantitative estimate of drug-likeness (QED) is 0.486. The summed E-state index contributed by atoms with van der Waals surface area (Å²) in [6.07, 6.45) is 1.55. The Bertz CT molecular complexity index is 1350. The summed E-state index contributed by atoms with van der Waals surface area (Å²) in [5.74, 6) is -0.409. The summed E-state index contributed by atoms with van der Waals surface area (Å²) in [5.41, 5.74) is 1.39. The number of hydrogen-bond donors (Lipinski definition) is 1. The number of carbonyl (C=O) groups excluding carboxylic acids is 1. The summed E-state index contributed by atoms with van der Waals surface area (Å²) in [5, 5.41) is 2.87. The van der Waals surface area contributed by atoms with Crippen molar-refractivity contribution < 1.29 is 4.79 Å². The summed E-state index contributed by atoms with van der Waals surface area (Å²) < 4.78 is 4.14. The maximum atomic E-state index is 13.3. The van der Waals surface area contributed by atoms with Crippen molar-refractivity contribution in [2.45, 2.75) is 39.5 Å². The van der Waals surface area contributed by atoms with Crippen LogP contribution in [0.5, 0.6) is 0 Å². The van der Waals surface area contributed by atoms with E-state index in [0.29, 0.717) is 17.7 Å². The molecule has 0 radical (unpaired) electrons. The van der Waals surface area contributed by atoms with E-state index >= 15 is 0 Å². The van der Waals surface area contributed by atoms with Gasteiger partial charge in [-0.15, -0.1) is 0 Å². The van der Waals surface area contributed by atoms with Crippen LogP contribution >= 0.6 is 0 Å². The summed E-state index contributed by atoms with van der Waals surface area (Å²) in [6, 6.07) is 18.7. The van der Waals surface area contributed by atoms with Crippen molar-refractivity contribution >= 4 is 17.1 Å². The summed E-state index contributed by atoms with van der Waals surface area (Å²) in [4.78, 5) is 43.6. The van der Waals surface area contributed by atoms with Crippen LogP contribution in [-0.2, 0) is 24.4 Å². The number of aromatic nitrogens is 4. The van der Waals surface area contributed by atoms with Gasteiger partial charge >= 0.3 is 5.69 Å². The van der Waals surface area contributed by atoms with Crippen LogP contribution in [0.25, 0.3) is 11.2 Å². The van der Waals surface area contributed by atoms with Crippen LogP contribution in [0.1, 0.15) is 31.0 Å². The van der Waals surface area contributed by atoms with Crippen LogP contribution < -0.4 is 16.6 Å². The Morgan fingerprint density at radius 3 is 2.31 bits per heavy atom. The second-order valence-electron chi connectivity index (χ2n) is 7.65. The molecular weight excluding hydrogens is 406 g/mol. The minimum atomic E-state index is -0.560. The Balaban J connectivity index is 1.73. The molecule has 1 amide bonds. The molecule has 0 unspecified atom stereocenters. The molecule has 4 aromatic rings. The first-order valence-corrected chi connectivity index (χ1v) is 10.6. The third-order valence-electron chi connectivity index (χ3n) is 5.49. The SMILES string of the molecule is CCn1cnc2c1c(=O)n(CC(=O)N[C@@H](C)c1ccccc1)c(=O)n2Cc1ccccc1. The van der Waals surface area contributed by atoms with Gasteiger partial charge in [0.2, 0.25) is 5.91 Å². The molecule has 2 heterocycles. The third-order valence-corrected chi connectivity index (χ3v) is 5.49. The molecule has 8 heteroatoms. The Morgan fingerprint density at radius 1 is 1.00 bits per heavy atom. The Hall–Kier alpha value is -3.94. The van der Waals surface area contributed by atoms with Gasteiger partial charge in [-0.05, 0) is 25.0 Å². The third kappa shape index (κ3) is 4.12. The maximum absolute atomic E-state index is 13.3. The highest BCUT2D eigenvalue weighted by atomic mass is 16.2. The molecule has 32 heavy (non-hydrogen) atoms. The molecule has 164 valence electrons. The van der Waals surface area contributed by atoms with Gasteiger partial charge in [-0.3, -0.25) is 14.2 Å². The maximum Gasteiger partial charge on any atom is 0.333 e. The monoisotopic (exact) mass is 431 g/mol. The van der Waals surface area contributed by atoms with E-state index in [0.717, 1.165) is 15.7 Å². The number of hydrogen-bond acceptors (Lipinski definition) is 4. The first-order valence-electron chi connectivity index (χ1n) is 10.6. The first-order chi connectivity index (χ1) is 15.5. The highest BCUT2D eigenvalue weighted by molar-refractivity contribution is 5.77. The molecule has 1 N–H and O–H groups in total. The largest absolute Gasteiger partial charge is 0.348 e. The molecule has 2 aromatic heterocycles. The Labute approximate surface area is 184 Å². The van der Waals surface area contributed by atoms with E-state index in [2.05, 4.69) is 10.3 Å². The predicted octanol–water partition coefficient (Wildman–Crippen LogP) is 2.31. The van der Waals surface area contributed by atoms with Gasteiger partial charge in [0.25, 0.3) is 5.56 Å². The lowest BCUT2D eigenvalue weighted by Gasteiger charge is -2.16. The smallest absolute Gasteiger partial charge is 0.333 e. The van der Waals surface area contributed by atoms with Gasteiger partial charge < -0.3 is 9.88 Å². The fraction of sp³-hybridized carbons (Fsp3) is 0.250. The van der Waals surface area contributed by atoms with E-state index in [9.17, 15) is 14.4 Å². The molecule has 0 spiro atoms. The van der Waals surface area contributed by atoms with Gasteiger partial charge in [0, 0.05) is 6.54 Å². The summed E-state index contributed by atoms with van der Waals surface area (Å²) in [7, 11) is 0. The molecule has 0 saturated heterocycles. The molecule has 0 aliphatic carbocycles. The lowest BCUT2D eigenvalue weighted by atomic mass is 10.1. The molecule has 4 rings (SSSR count). The van der Waals surface area contributed by atoms with Crippen molar-refractivity contribution in [1.82, 2.24) is 24.0 Å². The summed E-state index contributed by atoms with van der Waals surface area (Å²) >= 11 is 0. The van der Waals surface area contributed by atoms with Crippen molar-refractivity contribution in [3.05, 3.63) is 99.0 Å². The van der Waals surface area contributed by atoms with E-state index in [4.69, 9.17) is 0 Å². The van der Waals surface area contributed by atoms with E-state index in [-0.39, 0.29) is 19.1 Å². The lowest BCUT2D eigenvalue weighted by molar-refractivity contribution is -0.122. The lowest BCUT2D eigenvalue weighted by Crippen LogP contribution is -2.44. The van der Waals surface area contributed by atoms with Crippen molar-refractivity contribution in [3.63, 3.8) is 0 Å². The normalized spacial score (nSPS) is 12.1. The fourth-order valence-corrected chi connectivity index (χ4v) is 3.78. The van der Waals surface area contributed by atoms with Gasteiger partial charge in [0.05, 0.1) is 18.9 Å². The molecule has 0 saturated carbocycles. The van der Waals surface area contributed by atoms with Gasteiger partial charge in [0.15, 0.2) is 11.2 Å². The minimum Gasteiger partial charge on any atom is -0.348 e. The molecular formula is C24H25N5O3. The molecule has 0 bridgehead atoms. The van der Waals surface area contributed by atoms with Crippen molar-refractivity contribution in [3.8, 4) is 0 Å². The second kappa shape index (κ2) is 9.05. The summed E-state index contributed by atoms with van der Waals surface area (Å²) in [6.45, 7) is 4.16. The standard InChI is InChI=1S/C24H25N5O3/c1-3-27-16-25-22-21(27)23(31)29(24(32)28(22)14-18-10-6-4-7-11-18)15-20(30)26-17(2)19-12-8-5-9-13-19/h4-13,16-17H,3,14-15H2,1-2H3,(H,26,30)/t17-/m0/s1. The topological polar surface area (TPSA) is 90.9 Å². The molecule has 0 aliphatic heterocycles. The number of nitrogens with zero attached hydrogens (tertiary/aromatic N) is 4. The number of amides is 1. The number of rotatable bonds is 7. The molecule has 0 aliphatic rings. The first kappa shape index (κ1) is 21.3. The number of benzene rings is 2.